The fourth-order valence-electron chi connectivity index (χ4n) is 1.48. The number of rotatable bonds is 6. The minimum Gasteiger partial charge on any atom is -0.484 e. The SMILES string of the molecule is O=C(COc1ccc(F)cc1)NOCc1ccccc1. The highest BCUT2D eigenvalue weighted by Gasteiger charge is 2.03. The topological polar surface area (TPSA) is 47.6 Å². The summed E-state index contributed by atoms with van der Waals surface area (Å²) in [5.41, 5.74) is 3.23. The third-order valence-corrected chi connectivity index (χ3v) is 2.45. The van der Waals surface area contributed by atoms with Gasteiger partial charge in [0.25, 0.3) is 5.91 Å². The monoisotopic (exact) mass is 275 g/mol. The van der Waals surface area contributed by atoms with E-state index < -0.39 is 5.91 Å². The average Bonchev–Trinajstić information content (AvgIpc) is 2.48. The lowest BCUT2D eigenvalue weighted by molar-refractivity contribution is -0.136. The van der Waals surface area contributed by atoms with Crippen molar-refractivity contribution in [2.24, 2.45) is 0 Å². The number of hydrogen-bond acceptors (Lipinski definition) is 3. The fourth-order valence-corrected chi connectivity index (χ4v) is 1.48. The van der Waals surface area contributed by atoms with E-state index in [1.807, 2.05) is 30.3 Å². The Hall–Kier alpha value is -2.40. The van der Waals surface area contributed by atoms with Crippen LogP contribution < -0.4 is 10.2 Å². The number of hydroxylamine groups is 1. The van der Waals surface area contributed by atoms with Gasteiger partial charge in [0.1, 0.15) is 11.6 Å². The van der Waals surface area contributed by atoms with E-state index in [-0.39, 0.29) is 19.0 Å². The molecule has 0 spiro atoms. The van der Waals surface area contributed by atoms with Crippen molar-refractivity contribution in [3.8, 4) is 5.75 Å². The maximum atomic E-state index is 12.7. The summed E-state index contributed by atoms with van der Waals surface area (Å²) < 4.78 is 17.8. The first-order chi connectivity index (χ1) is 9.74. The van der Waals surface area contributed by atoms with Gasteiger partial charge in [0.05, 0.1) is 6.61 Å². The lowest BCUT2D eigenvalue weighted by atomic mass is 10.2. The molecule has 2 rings (SSSR count). The third-order valence-electron chi connectivity index (χ3n) is 2.45. The second kappa shape index (κ2) is 7.25. The van der Waals surface area contributed by atoms with Crippen molar-refractivity contribution in [1.82, 2.24) is 5.48 Å². The van der Waals surface area contributed by atoms with Crippen LogP contribution in [0.25, 0.3) is 0 Å². The molecule has 20 heavy (non-hydrogen) atoms. The van der Waals surface area contributed by atoms with Crippen LogP contribution in [0.15, 0.2) is 54.6 Å². The Balaban J connectivity index is 1.67. The van der Waals surface area contributed by atoms with Gasteiger partial charge in [0.15, 0.2) is 6.61 Å². The van der Waals surface area contributed by atoms with Crippen molar-refractivity contribution in [1.29, 1.82) is 0 Å². The van der Waals surface area contributed by atoms with Gasteiger partial charge in [-0.25, -0.2) is 9.87 Å². The molecule has 5 heteroatoms. The molecule has 0 aliphatic heterocycles. The molecular weight excluding hydrogens is 261 g/mol. The summed E-state index contributed by atoms with van der Waals surface area (Å²) >= 11 is 0. The van der Waals surface area contributed by atoms with Gasteiger partial charge in [-0.2, -0.15) is 0 Å². The normalized spacial score (nSPS) is 10.1. The third kappa shape index (κ3) is 4.70. The van der Waals surface area contributed by atoms with E-state index in [2.05, 4.69) is 5.48 Å². The molecule has 0 unspecified atom stereocenters. The van der Waals surface area contributed by atoms with Gasteiger partial charge in [0.2, 0.25) is 0 Å². The van der Waals surface area contributed by atoms with E-state index in [0.717, 1.165) is 5.56 Å². The highest BCUT2D eigenvalue weighted by atomic mass is 19.1. The fraction of sp³-hybridized carbons (Fsp3) is 0.133. The maximum absolute atomic E-state index is 12.7. The zero-order valence-corrected chi connectivity index (χ0v) is 10.7. The Labute approximate surface area is 116 Å². The molecule has 1 amide bonds. The summed E-state index contributed by atoms with van der Waals surface area (Å²) in [5, 5.41) is 0. The molecule has 0 bridgehead atoms. The summed E-state index contributed by atoms with van der Waals surface area (Å²) in [5.74, 6) is -0.345. The molecule has 0 saturated carbocycles. The minimum absolute atomic E-state index is 0.194. The zero-order chi connectivity index (χ0) is 14.2. The van der Waals surface area contributed by atoms with Crippen LogP contribution >= 0.6 is 0 Å². The number of halogens is 1. The van der Waals surface area contributed by atoms with Crippen LogP contribution in [0.2, 0.25) is 0 Å². The number of amides is 1. The average molecular weight is 275 g/mol. The van der Waals surface area contributed by atoms with E-state index in [1.165, 1.54) is 24.3 Å². The van der Waals surface area contributed by atoms with Gasteiger partial charge in [-0.05, 0) is 29.8 Å². The van der Waals surface area contributed by atoms with Crippen LogP contribution in [0.3, 0.4) is 0 Å². The molecule has 0 saturated heterocycles. The van der Waals surface area contributed by atoms with Crippen LogP contribution in [-0.2, 0) is 16.2 Å². The molecule has 104 valence electrons. The summed E-state index contributed by atoms with van der Waals surface area (Å²) in [4.78, 5) is 16.5. The molecule has 0 fully saturated rings. The van der Waals surface area contributed by atoms with Gasteiger partial charge in [-0.15, -0.1) is 0 Å². The maximum Gasteiger partial charge on any atom is 0.281 e. The number of carbonyl (C=O) groups is 1. The standard InChI is InChI=1S/C15H14FNO3/c16-13-6-8-14(9-7-13)19-11-15(18)17-20-10-12-4-2-1-3-5-12/h1-9H,10-11H2,(H,17,18). The number of ether oxygens (including phenoxy) is 1. The first kappa shape index (κ1) is 14.0. The number of hydrogen-bond donors (Lipinski definition) is 1. The van der Waals surface area contributed by atoms with E-state index in [0.29, 0.717) is 5.75 Å². The first-order valence-corrected chi connectivity index (χ1v) is 6.07. The molecule has 0 heterocycles. The summed E-state index contributed by atoms with van der Waals surface area (Å²) in [7, 11) is 0. The molecule has 2 aromatic carbocycles. The highest BCUT2D eigenvalue weighted by molar-refractivity contribution is 5.76. The van der Waals surface area contributed by atoms with Crippen LogP contribution in [-0.4, -0.2) is 12.5 Å². The Morgan fingerprint density at radius 2 is 1.75 bits per heavy atom. The van der Waals surface area contributed by atoms with Gasteiger partial charge in [-0.1, -0.05) is 30.3 Å². The van der Waals surface area contributed by atoms with Crippen LogP contribution in [0.4, 0.5) is 4.39 Å². The number of carbonyl (C=O) groups excluding carboxylic acids is 1. The Kier molecular flexibility index (Phi) is 5.08. The Morgan fingerprint density at radius 1 is 1.05 bits per heavy atom. The lowest BCUT2D eigenvalue weighted by Gasteiger charge is -2.07. The molecule has 0 atom stereocenters. The largest absolute Gasteiger partial charge is 0.484 e. The molecule has 0 aromatic heterocycles. The van der Waals surface area contributed by atoms with E-state index in [1.54, 1.807) is 0 Å². The number of benzene rings is 2. The summed E-state index contributed by atoms with van der Waals surface area (Å²) in [6, 6.07) is 14.9. The lowest BCUT2D eigenvalue weighted by Crippen LogP contribution is -2.28. The van der Waals surface area contributed by atoms with E-state index >= 15 is 0 Å². The molecule has 0 aliphatic rings. The van der Waals surface area contributed by atoms with Crippen molar-refractivity contribution in [3.05, 3.63) is 66.0 Å². The Morgan fingerprint density at radius 3 is 2.45 bits per heavy atom. The predicted molar refractivity (Wildman–Crippen MR) is 71.3 cm³/mol. The molecule has 2 aromatic rings. The molecule has 0 radical (unpaired) electrons. The van der Waals surface area contributed by atoms with Gasteiger partial charge >= 0.3 is 0 Å². The second-order valence-electron chi connectivity index (χ2n) is 4.04. The van der Waals surface area contributed by atoms with Crippen molar-refractivity contribution in [2.45, 2.75) is 6.61 Å². The van der Waals surface area contributed by atoms with Crippen molar-refractivity contribution >= 4 is 5.91 Å². The van der Waals surface area contributed by atoms with Crippen molar-refractivity contribution in [2.75, 3.05) is 6.61 Å². The highest BCUT2D eigenvalue weighted by Crippen LogP contribution is 2.10. The van der Waals surface area contributed by atoms with E-state index in [9.17, 15) is 9.18 Å². The van der Waals surface area contributed by atoms with Gasteiger partial charge < -0.3 is 4.74 Å². The molecule has 0 aliphatic carbocycles. The zero-order valence-electron chi connectivity index (χ0n) is 10.7. The quantitative estimate of drug-likeness (QED) is 0.824. The Bertz CT molecular complexity index is 543. The van der Waals surface area contributed by atoms with E-state index in [4.69, 9.17) is 9.57 Å². The van der Waals surface area contributed by atoms with Crippen molar-refractivity contribution in [3.63, 3.8) is 0 Å². The first-order valence-electron chi connectivity index (χ1n) is 6.07. The molecule has 4 nitrogen and oxygen atoms in total. The second-order valence-corrected chi connectivity index (χ2v) is 4.04. The van der Waals surface area contributed by atoms with Crippen molar-refractivity contribution < 1.29 is 18.8 Å². The molecule has 1 N–H and O–H groups in total. The van der Waals surface area contributed by atoms with Gasteiger partial charge in [0, 0.05) is 0 Å². The summed E-state index contributed by atoms with van der Waals surface area (Å²) in [6.45, 7) is 0.0869. The summed E-state index contributed by atoms with van der Waals surface area (Å²) in [6.07, 6.45) is 0. The van der Waals surface area contributed by atoms with Gasteiger partial charge in [-0.3, -0.25) is 9.63 Å². The smallest absolute Gasteiger partial charge is 0.281 e. The number of nitrogens with one attached hydrogen (secondary N) is 1. The van der Waals surface area contributed by atoms with Crippen LogP contribution in [0.5, 0.6) is 5.75 Å². The predicted octanol–water partition coefficient (Wildman–Crippen LogP) is 2.45. The molecular formula is C15H14FNO3. The minimum atomic E-state index is -0.412. The van der Waals surface area contributed by atoms with Crippen LogP contribution in [0.1, 0.15) is 5.56 Å². The van der Waals surface area contributed by atoms with Crippen LogP contribution in [0, 0.1) is 5.82 Å².